The summed E-state index contributed by atoms with van der Waals surface area (Å²) < 4.78 is 0. The summed E-state index contributed by atoms with van der Waals surface area (Å²) in [5.41, 5.74) is 3.33. The van der Waals surface area contributed by atoms with Crippen molar-refractivity contribution in [1.29, 1.82) is 0 Å². The molecule has 1 aromatic rings. The van der Waals surface area contributed by atoms with Gasteiger partial charge >= 0.3 is 0 Å². The molecule has 0 spiro atoms. The van der Waals surface area contributed by atoms with E-state index in [0.29, 0.717) is 6.42 Å². The molecular weight excluding hydrogens is 224 g/mol. The number of unbranched alkanes of at least 4 members (excludes halogenated alkanes) is 1. The molecule has 0 aromatic heterocycles. The lowest BCUT2D eigenvalue weighted by molar-refractivity contribution is -0.116. The van der Waals surface area contributed by atoms with Crippen molar-refractivity contribution in [2.24, 2.45) is 0 Å². The standard InChI is InChI=1S/C15H24N2O/c1-4-5-9-16-10-8-15(18)17-14-7-6-12(2)13(3)11-14/h6-7,11,16H,4-5,8-10H2,1-3H3,(H,17,18). The molecule has 100 valence electrons. The van der Waals surface area contributed by atoms with Gasteiger partial charge in [0, 0.05) is 18.7 Å². The zero-order valence-electron chi connectivity index (χ0n) is 11.7. The summed E-state index contributed by atoms with van der Waals surface area (Å²) in [7, 11) is 0. The first-order valence-electron chi connectivity index (χ1n) is 6.71. The molecule has 0 fully saturated rings. The molecule has 1 amide bonds. The van der Waals surface area contributed by atoms with Crippen LogP contribution in [0.5, 0.6) is 0 Å². The Morgan fingerprint density at radius 2 is 1.94 bits per heavy atom. The maximum atomic E-state index is 11.7. The van der Waals surface area contributed by atoms with Gasteiger partial charge in [-0.25, -0.2) is 0 Å². The third-order valence-electron chi connectivity index (χ3n) is 3.03. The molecule has 0 aliphatic carbocycles. The van der Waals surface area contributed by atoms with Crippen LogP contribution in [0.4, 0.5) is 5.69 Å². The summed E-state index contributed by atoms with van der Waals surface area (Å²) in [5.74, 6) is 0.0715. The van der Waals surface area contributed by atoms with Crippen LogP contribution >= 0.6 is 0 Å². The lowest BCUT2D eigenvalue weighted by atomic mass is 10.1. The van der Waals surface area contributed by atoms with E-state index in [1.54, 1.807) is 0 Å². The number of aryl methyl sites for hydroxylation is 2. The zero-order valence-corrected chi connectivity index (χ0v) is 11.7. The summed E-state index contributed by atoms with van der Waals surface area (Å²) in [6, 6.07) is 5.99. The lowest BCUT2D eigenvalue weighted by Crippen LogP contribution is -2.22. The molecule has 3 nitrogen and oxygen atoms in total. The van der Waals surface area contributed by atoms with Crippen LogP contribution < -0.4 is 10.6 Å². The summed E-state index contributed by atoms with van der Waals surface area (Å²) in [6.07, 6.45) is 2.87. The van der Waals surface area contributed by atoms with Crippen molar-refractivity contribution < 1.29 is 4.79 Å². The highest BCUT2D eigenvalue weighted by Crippen LogP contribution is 2.14. The molecular formula is C15H24N2O. The van der Waals surface area contributed by atoms with E-state index in [4.69, 9.17) is 0 Å². The lowest BCUT2D eigenvalue weighted by Gasteiger charge is -2.08. The van der Waals surface area contributed by atoms with Gasteiger partial charge in [-0.2, -0.15) is 0 Å². The van der Waals surface area contributed by atoms with Crippen LogP contribution in [0.3, 0.4) is 0 Å². The molecule has 0 bridgehead atoms. The summed E-state index contributed by atoms with van der Waals surface area (Å²) >= 11 is 0. The SMILES string of the molecule is CCCCNCCC(=O)Nc1ccc(C)c(C)c1. The smallest absolute Gasteiger partial charge is 0.225 e. The first-order valence-corrected chi connectivity index (χ1v) is 6.71. The molecule has 1 aromatic carbocycles. The number of carbonyl (C=O) groups is 1. The molecule has 0 aliphatic rings. The van der Waals surface area contributed by atoms with Crippen LogP contribution in [-0.2, 0) is 4.79 Å². The van der Waals surface area contributed by atoms with Crippen LogP contribution in [0.25, 0.3) is 0 Å². The Kier molecular flexibility index (Phi) is 6.44. The maximum absolute atomic E-state index is 11.7. The highest BCUT2D eigenvalue weighted by atomic mass is 16.1. The molecule has 0 unspecified atom stereocenters. The van der Waals surface area contributed by atoms with Crippen LogP contribution in [0.2, 0.25) is 0 Å². The van der Waals surface area contributed by atoms with Gasteiger partial charge in [-0.1, -0.05) is 19.4 Å². The van der Waals surface area contributed by atoms with Gasteiger partial charge in [-0.3, -0.25) is 4.79 Å². The Balaban J connectivity index is 2.29. The first kappa shape index (κ1) is 14.7. The third kappa shape index (κ3) is 5.32. The van der Waals surface area contributed by atoms with Gasteiger partial charge in [-0.15, -0.1) is 0 Å². The Bertz CT molecular complexity index is 388. The largest absolute Gasteiger partial charge is 0.326 e. The number of amides is 1. The van der Waals surface area contributed by atoms with Gasteiger partial charge in [0.1, 0.15) is 0 Å². The molecule has 3 heteroatoms. The van der Waals surface area contributed by atoms with Crippen molar-refractivity contribution in [2.45, 2.75) is 40.0 Å². The van der Waals surface area contributed by atoms with E-state index in [-0.39, 0.29) is 5.91 Å². The van der Waals surface area contributed by atoms with Gasteiger partial charge < -0.3 is 10.6 Å². The molecule has 18 heavy (non-hydrogen) atoms. The topological polar surface area (TPSA) is 41.1 Å². The van der Waals surface area contributed by atoms with Gasteiger partial charge in [0.2, 0.25) is 5.91 Å². The second-order valence-corrected chi connectivity index (χ2v) is 4.70. The fourth-order valence-electron chi connectivity index (χ4n) is 1.67. The maximum Gasteiger partial charge on any atom is 0.225 e. The monoisotopic (exact) mass is 248 g/mol. The van der Waals surface area contributed by atoms with Crippen molar-refractivity contribution >= 4 is 11.6 Å². The Morgan fingerprint density at radius 3 is 2.61 bits per heavy atom. The van der Waals surface area contributed by atoms with E-state index in [0.717, 1.165) is 18.8 Å². The first-order chi connectivity index (χ1) is 8.63. The number of nitrogens with one attached hydrogen (secondary N) is 2. The highest BCUT2D eigenvalue weighted by molar-refractivity contribution is 5.90. The predicted molar refractivity (Wildman–Crippen MR) is 76.9 cm³/mol. The van der Waals surface area contributed by atoms with E-state index >= 15 is 0 Å². The highest BCUT2D eigenvalue weighted by Gasteiger charge is 2.02. The van der Waals surface area contributed by atoms with E-state index in [2.05, 4.69) is 31.4 Å². The third-order valence-corrected chi connectivity index (χ3v) is 3.03. The molecule has 0 heterocycles. The fourth-order valence-corrected chi connectivity index (χ4v) is 1.67. The van der Waals surface area contributed by atoms with E-state index in [1.807, 2.05) is 18.2 Å². The second-order valence-electron chi connectivity index (χ2n) is 4.70. The van der Waals surface area contributed by atoms with E-state index in [1.165, 1.54) is 24.0 Å². The van der Waals surface area contributed by atoms with Gasteiger partial charge in [0.25, 0.3) is 0 Å². The van der Waals surface area contributed by atoms with Crippen molar-refractivity contribution in [3.8, 4) is 0 Å². The number of benzene rings is 1. The molecule has 0 radical (unpaired) electrons. The predicted octanol–water partition coefficient (Wildman–Crippen LogP) is 3.02. The van der Waals surface area contributed by atoms with Gasteiger partial charge in [0.15, 0.2) is 0 Å². The minimum absolute atomic E-state index is 0.0715. The summed E-state index contributed by atoms with van der Waals surface area (Å²) in [6.45, 7) is 8.02. The number of rotatable bonds is 7. The molecule has 0 saturated carbocycles. The summed E-state index contributed by atoms with van der Waals surface area (Å²) in [5, 5.41) is 6.18. The minimum Gasteiger partial charge on any atom is -0.326 e. The number of hydrogen-bond donors (Lipinski definition) is 2. The van der Waals surface area contributed by atoms with Crippen molar-refractivity contribution in [1.82, 2.24) is 5.32 Å². The quantitative estimate of drug-likeness (QED) is 0.728. The molecule has 2 N–H and O–H groups in total. The zero-order chi connectivity index (χ0) is 13.4. The molecule has 1 rings (SSSR count). The molecule has 0 saturated heterocycles. The Morgan fingerprint density at radius 1 is 1.17 bits per heavy atom. The Labute approximate surface area is 110 Å². The normalized spacial score (nSPS) is 10.4. The van der Waals surface area contributed by atoms with Crippen molar-refractivity contribution in [2.75, 3.05) is 18.4 Å². The van der Waals surface area contributed by atoms with E-state index in [9.17, 15) is 4.79 Å². The van der Waals surface area contributed by atoms with Crippen molar-refractivity contribution in [3.05, 3.63) is 29.3 Å². The van der Waals surface area contributed by atoms with E-state index < -0.39 is 0 Å². The average Bonchev–Trinajstić information content (AvgIpc) is 2.34. The number of hydrogen-bond acceptors (Lipinski definition) is 2. The number of anilines is 1. The van der Waals surface area contributed by atoms with Gasteiger partial charge in [-0.05, 0) is 50.1 Å². The summed E-state index contributed by atoms with van der Waals surface area (Å²) in [4.78, 5) is 11.7. The minimum atomic E-state index is 0.0715. The Hall–Kier alpha value is -1.35. The van der Waals surface area contributed by atoms with Crippen LogP contribution in [0, 0.1) is 13.8 Å². The van der Waals surface area contributed by atoms with Crippen LogP contribution in [0.15, 0.2) is 18.2 Å². The van der Waals surface area contributed by atoms with Crippen LogP contribution in [0.1, 0.15) is 37.3 Å². The molecule has 0 atom stereocenters. The van der Waals surface area contributed by atoms with Crippen molar-refractivity contribution in [3.63, 3.8) is 0 Å². The van der Waals surface area contributed by atoms with Gasteiger partial charge in [0.05, 0.1) is 0 Å². The average molecular weight is 248 g/mol. The second kappa shape index (κ2) is 7.88. The molecule has 0 aliphatic heterocycles. The fraction of sp³-hybridized carbons (Fsp3) is 0.533. The van der Waals surface area contributed by atoms with Crippen LogP contribution in [-0.4, -0.2) is 19.0 Å². The number of carbonyl (C=O) groups excluding carboxylic acids is 1.